The third kappa shape index (κ3) is 3.13. The van der Waals surface area contributed by atoms with Crippen LogP contribution >= 0.6 is 31.9 Å². The van der Waals surface area contributed by atoms with E-state index in [-0.39, 0.29) is 17.7 Å². The zero-order valence-electron chi connectivity index (χ0n) is 25.0. The lowest BCUT2D eigenvalue weighted by Crippen LogP contribution is -2.62. The molecule has 4 aliphatic heterocycles. The monoisotopic (exact) mass is 728 g/mol. The highest BCUT2D eigenvalue weighted by atomic mass is 79.9. The molecule has 46 heavy (non-hydrogen) atoms. The number of ketones is 1. The van der Waals surface area contributed by atoms with Crippen LogP contribution in [0.25, 0.3) is 16.8 Å². The highest BCUT2D eigenvalue weighted by Gasteiger charge is 2.87. The standard InChI is InChI=1S/C40H30Br2N2O2/c41-30-15-11-24(12-16-30)19-29-21-43-23-38(37(29)45)36(26-13-17-31(42)18-14-26)34-20-27-5-1-2-6-28(27)22-44(34)39(38)32-9-3-7-25-8-4-10-33(35(25)32)40(39,43)46/h1-19,34,36,46H,20-23H2/t34-,36?,38?,39?,40+/m1/s1. The Morgan fingerprint density at radius 2 is 1.43 bits per heavy atom. The maximum Gasteiger partial charge on any atom is 0.170 e. The Morgan fingerprint density at radius 3 is 2.17 bits per heavy atom. The summed E-state index contributed by atoms with van der Waals surface area (Å²) < 4.78 is 2.02. The van der Waals surface area contributed by atoms with Crippen LogP contribution in [-0.2, 0) is 29.0 Å². The summed E-state index contributed by atoms with van der Waals surface area (Å²) in [5.74, 6) is 0.0231. The molecule has 6 atom stereocenters. The van der Waals surface area contributed by atoms with Crippen LogP contribution in [0.2, 0.25) is 0 Å². The van der Waals surface area contributed by atoms with E-state index in [1.165, 1.54) is 11.1 Å². The maximum atomic E-state index is 15.8. The summed E-state index contributed by atoms with van der Waals surface area (Å²) in [6, 6.07) is 38.3. The second-order valence-corrected chi connectivity index (χ2v) is 15.5. The first-order valence-electron chi connectivity index (χ1n) is 16.0. The number of carbonyl (C=O) groups excluding carboxylic acids is 1. The number of fused-ring (bicyclic) bond motifs is 5. The minimum atomic E-state index is -1.39. The van der Waals surface area contributed by atoms with Gasteiger partial charge < -0.3 is 5.11 Å². The minimum absolute atomic E-state index is 0.0188. The molecule has 4 heterocycles. The molecule has 2 bridgehead atoms. The van der Waals surface area contributed by atoms with Gasteiger partial charge in [0.15, 0.2) is 11.5 Å². The van der Waals surface area contributed by atoms with Crippen LogP contribution in [0.4, 0.5) is 0 Å². The summed E-state index contributed by atoms with van der Waals surface area (Å²) in [5.41, 5.74) is 4.22. The van der Waals surface area contributed by atoms with Crippen molar-refractivity contribution in [2.75, 3.05) is 13.1 Å². The molecule has 6 heteroatoms. The van der Waals surface area contributed by atoms with E-state index in [4.69, 9.17) is 0 Å². The van der Waals surface area contributed by atoms with E-state index in [1.54, 1.807) is 0 Å². The molecule has 5 aromatic rings. The van der Waals surface area contributed by atoms with Crippen molar-refractivity contribution in [2.45, 2.75) is 36.2 Å². The van der Waals surface area contributed by atoms with Crippen molar-refractivity contribution < 1.29 is 9.90 Å². The summed E-state index contributed by atoms with van der Waals surface area (Å²) >= 11 is 7.23. The lowest BCUT2D eigenvalue weighted by molar-refractivity contribution is -0.181. The molecule has 4 nitrogen and oxygen atoms in total. The molecule has 1 aliphatic carbocycles. The van der Waals surface area contributed by atoms with Crippen molar-refractivity contribution in [3.05, 3.63) is 157 Å². The average molecular weight is 730 g/mol. The van der Waals surface area contributed by atoms with E-state index < -0.39 is 16.7 Å². The molecule has 5 aromatic carbocycles. The molecule has 4 unspecified atom stereocenters. The average Bonchev–Trinajstić information content (AvgIpc) is 3.54. The van der Waals surface area contributed by atoms with Gasteiger partial charge in [-0.25, -0.2) is 0 Å². The first kappa shape index (κ1) is 27.7. The molecule has 0 aromatic heterocycles. The Kier molecular flexibility index (Phi) is 5.64. The minimum Gasteiger partial charge on any atom is -0.369 e. The molecule has 0 saturated carbocycles. The van der Waals surface area contributed by atoms with Gasteiger partial charge in [-0.1, -0.05) is 117 Å². The Bertz CT molecular complexity index is 2160. The van der Waals surface area contributed by atoms with Crippen LogP contribution in [-0.4, -0.2) is 39.8 Å². The first-order valence-corrected chi connectivity index (χ1v) is 17.6. The van der Waals surface area contributed by atoms with Gasteiger partial charge >= 0.3 is 0 Å². The number of carbonyl (C=O) groups is 1. The van der Waals surface area contributed by atoms with Crippen molar-refractivity contribution in [2.24, 2.45) is 5.41 Å². The van der Waals surface area contributed by atoms with Crippen molar-refractivity contribution in [3.63, 3.8) is 0 Å². The van der Waals surface area contributed by atoms with E-state index in [9.17, 15) is 5.11 Å². The number of benzene rings is 5. The number of piperidine rings is 1. The summed E-state index contributed by atoms with van der Waals surface area (Å²) in [7, 11) is 0. The van der Waals surface area contributed by atoms with E-state index in [2.05, 4.69) is 145 Å². The predicted molar refractivity (Wildman–Crippen MR) is 187 cm³/mol. The highest BCUT2D eigenvalue weighted by molar-refractivity contribution is 9.10. The van der Waals surface area contributed by atoms with Gasteiger partial charge in [-0.2, -0.15) is 0 Å². The lowest BCUT2D eigenvalue weighted by atomic mass is 9.57. The molecule has 0 amide bonds. The molecule has 0 radical (unpaired) electrons. The van der Waals surface area contributed by atoms with Crippen LogP contribution in [0.3, 0.4) is 0 Å². The van der Waals surface area contributed by atoms with Crippen LogP contribution in [0.1, 0.15) is 39.3 Å². The molecule has 1 N–H and O–H groups in total. The molecular formula is C40H30Br2N2O2. The molecular weight excluding hydrogens is 700 g/mol. The third-order valence-electron chi connectivity index (χ3n) is 11.9. The van der Waals surface area contributed by atoms with Gasteiger partial charge in [0.05, 0.1) is 5.41 Å². The summed E-state index contributed by atoms with van der Waals surface area (Å²) in [4.78, 5) is 20.7. The van der Waals surface area contributed by atoms with Crippen molar-refractivity contribution >= 4 is 54.5 Å². The predicted octanol–water partition coefficient (Wildman–Crippen LogP) is 7.91. The van der Waals surface area contributed by atoms with Crippen LogP contribution in [0.5, 0.6) is 0 Å². The molecule has 3 fully saturated rings. The molecule has 2 spiro atoms. The Hall–Kier alpha value is -3.39. The fourth-order valence-corrected chi connectivity index (χ4v) is 11.0. The van der Waals surface area contributed by atoms with Gasteiger partial charge in [-0.15, -0.1) is 0 Å². The second-order valence-electron chi connectivity index (χ2n) is 13.7. The smallest absolute Gasteiger partial charge is 0.170 e. The number of rotatable bonds is 2. The molecule has 5 aliphatic rings. The topological polar surface area (TPSA) is 43.8 Å². The van der Waals surface area contributed by atoms with Gasteiger partial charge in [-0.3, -0.25) is 14.6 Å². The summed E-state index contributed by atoms with van der Waals surface area (Å²) in [6.07, 6.45) is 2.89. The zero-order chi connectivity index (χ0) is 31.0. The third-order valence-corrected chi connectivity index (χ3v) is 12.9. The summed E-state index contributed by atoms with van der Waals surface area (Å²) in [5, 5.41) is 16.0. The second kappa shape index (κ2) is 9.36. The molecule has 10 rings (SSSR count). The van der Waals surface area contributed by atoms with E-state index in [0.29, 0.717) is 19.6 Å². The molecule has 3 saturated heterocycles. The van der Waals surface area contributed by atoms with Gasteiger partial charge in [0, 0.05) is 51.7 Å². The lowest BCUT2D eigenvalue weighted by Gasteiger charge is -2.50. The quantitative estimate of drug-likeness (QED) is 0.188. The number of hydrogen-bond acceptors (Lipinski definition) is 4. The van der Waals surface area contributed by atoms with Gasteiger partial charge in [-0.05, 0) is 75.4 Å². The highest BCUT2D eigenvalue weighted by Crippen LogP contribution is 2.78. The van der Waals surface area contributed by atoms with Gasteiger partial charge in [0.2, 0.25) is 0 Å². The molecule has 226 valence electrons. The van der Waals surface area contributed by atoms with Crippen molar-refractivity contribution in [1.29, 1.82) is 0 Å². The van der Waals surface area contributed by atoms with Crippen LogP contribution < -0.4 is 0 Å². The Labute approximate surface area is 284 Å². The number of halogens is 2. The van der Waals surface area contributed by atoms with E-state index in [1.807, 2.05) is 12.1 Å². The maximum absolute atomic E-state index is 15.8. The van der Waals surface area contributed by atoms with Crippen LogP contribution in [0, 0.1) is 5.41 Å². The van der Waals surface area contributed by atoms with Crippen molar-refractivity contribution in [3.8, 4) is 0 Å². The SMILES string of the molecule is O=C1C(=Cc2ccc(Br)cc2)CN2CC13C(c1ccc(Br)cc1)[C@H]1Cc4ccccc4CN1C31c3cccc4cccc(c34)[C@@]21O. The Morgan fingerprint density at radius 1 is 0.761 bits per heavy atom. The van der Waals surface area contributed by atoms with E-state index >= 15 is 4.79 Å². The fourth-order valence-electron chi connectivity index (χ4n) is 10.4. The fraction of sp³-hybridized carbons (Fsp3) is 0.225. The number of aliphatic hydroxyl groups is 1. The first-order chi connectivity index (χ1) is 22.4. The number of nitrogens with zero attached hydrogens (tertiary/aromatic N) is 2. The van der Waals surface area contributed by atoms with Crippen molar-refractivity contribution in [1.82, 2.24) is 9.80 Å². The van der Waals surface area contributed by atoms with E-state index in [0.717, 1.165) is 54.0 Å². The number of hydrogen-bond donors (Lipinski definition) is 1. The van der Waals surface area contributed by atoms with Gasteiger partial charge in [0.25, 0.3) is 0 Å². The normalized spacial score (nSPS) is 32.8. The van der Waals surface area contributed by atoms with Gasteiger partial charge in [0.1, 0.15) is 5.54 Å². The summed E-state index contributed by atoms with van der Waals surface area (Å²) in [6.45, 7) is 1.56. The Balaban J connectivity index is 1.32. The van der Waals surface area contributed by atoms with Crippen LogP contribution in [0.15, 0.2) is 124 Å². The number of Topliss-reactive ketones (excluding diaryl/α,β-unsaturated/α-hetero) is 1. The largest absolute Gasteiger partial charge is 0.369 e. The zero-order valence-corrected chi connectivity index (χ0v) is 28.1.